The van der Waals surface area contributed by atoms with Gasteiger partial charge in [-0.15, -0.1) is 11.3 Å². The number of aromatic nitrogens is 2. The zero-order chi connectivity index (χ0) is 18.4. The van der Waals surface area contributed by atoms with Crippen LogP contribution in [0.4, 0.5) is 5.13 Å². The molecule has 0 aliphatic heterocycles. The second-order valence-electron chi connectivity index (χ2n) is 6.81. The van der Waals surface area contributed by atoms with Crippen LogP contribution < -0.4 is 10.0 Å². The van der Waals surface area contributed by atoms with Crippen LogP contribution in [0, 0.1) is 5.92 Å². The van der Waals surface area contributed by atoms with Crippen molar-refractivity contribution in [2.24, 2.45) is 5.92 Å². The summed E-state index contributed by atoms with van der Waals surface area (Å²) in [5.74, 6) is 0.648. The van der Waals surface area contributed by atoms with Gasteiger partial charge in [0.1, 0.15) is 0 Å². The minimum atomic E-state index is -3.10. The second kappa shape index (κ2) is 8.92. The van der Waals surface area contributed by atoms with Gasteiger partial charge in [-0.1, -0.05) is 6.92 Å². The van der Waals surface area contributed by atoms with Crippen LogP contribution in [-0.2, 0) is 10.0 Å². The Morgan fingerprint density at radius 3 is 2.77 bits per heavy atom. The predicted octanol–water partition coefficient (Wildman–Crippen LogP) is 3.51. The van der Waals surface area contributed by atoms with E-state index in [-0.39, 0.29) is 5.75 Å². The van der Waals surface area contributed by atoms with Crippen molar-refractivity contribution in [1.82, 2.24) is 14.7 Å². The lowest BCUT2D eigenvalue weighted by atomic mass is 9.86. The number of pyridine rings is 1. The Balaban J connectivity index is 1.45. The minimum Gasteiger partial charge on any atom is -0.359 e. The molecule has 3 rings (SSSR count). The van der Waals surface area contributed by atoms with Crippen molar-refractivity contribution in [3.63, 3.8) is 0 Å². The van der Waals surface area contributed by atoms with E-state index in [2.05, 4.69) is 20.0 Å². The third-order valence-corrected chi connectivity index (χ3v) is 7.03. The maximum atomic E-state index is 11.8. The summed E-state index contributed by atoms with van der Waals surface area (Å²) in [6, 6.07) is 4.33. The summed E-state index contributed by atoms with van der Waals surface area (Å²) >= 11 is 1.62. The van der Waals surface area contributed by atoms with Crippen LogP contribution >= 0.6 is 11.3 Å². The highest BCUT2D eigenvalue weighted by Gasteiger charge is 2.23. The lowest BCUT2D eigenvalue weighted by molar-refractivity contribution is 0.337. The Kier molecular flexibility index (Phi) is 6.61. The van der Waals surface area contributed by atoms with Crippen molar-refractivity contribution in [3.05, 3.63) is 29.9 Å². The van der Waals surface area contributed by atoms with Gasteiger partial charge in [0.2, 0.25) is 10.0 Å². The highest BCUT2D eigenvalue weighted by molar-refractivity contribution is 7.89. The van der Waals surface area contributed by atoms with Gasteiger partial charge in [-0.3, -0.25) is 4.98 Å². The number of thiazole rings is 1. The lowest BCUT2D eigenvalue weighted by Gasteiger charge is -2.29. The van der Waals surface area contributed by atoms with Crippen LogP contribution in [0.5, 0.6) is 0 Å². The molecule has 0 spiro atoms. The van der Waals surface area contributed by atoms with Crippen molar-refractivity contribution >= 4 is 26.5 Å². The van der Waals surface area contributed by atoms with Gasteiger partial charge in [-0.25, -0.2) is 18.1 Å². The van der Waals surface area contributed by atoms with Gasteiger partial charge in [0.25, 0.3) is 0 Å². The molecular weight excluding hydrogens is 368 g/mol. The maximum Gasteiger partial charge on any atom is 0.211 e. The van der Waals surface area contributed by atoms with Gasteiger partial charge in [-0.2, -0.15) is 0 Å². The number of sulfonamides is 1. The average molecular weight is 395 g/mol. The summed E-state index contributed by atoms with van der Waals surface area (Å²) in [7, 11) is -3.10. The molecule has 0 radical (unpaired) electrons. The molecule has 1 aliphatic carbocycles. The maximum absolute atomic E-state index is 11.8. The number of hydrogen-bond donors (Lipinski definition) is 2. The van der Waals surface area contributed by atoms with Gasteiger partial charge in [0.15, 0.2) is 5.13 Å². The number of hydrogen-bond acceptors (Lipinski definition) is 6. The molecule has 2 aromatic heterocycles. The average Bonchev–Trinajstić information content (AvgIpc) is 3.10. The standard InChI is InChI=1S/C18H26N4O2S2/c1-2-10-26(23,24)20-11-14-5-7-16(8-6-14)21-18-22-17(13-25-18)15-4-3-9-19-12-15/h3-4,9,12-14,16,20H,2,5-8,10-11H2,1H3,(H,21,22). The Hall–Kier alpha value is -1.51. The first-order valence-electron chi connectivity index (χ1n) is 9.15. The second-order valence-corrected chi connectivity index (χ2v) is 9.59. The van der Waals surface area contributed by atoms with E-state index in [0.29, 0.717) is 24.9 Å². The summed E-state index contributed by atoms with van der Waals surface area (Å²) in [6.07, 6.45) is 8.39. The van der Waals surface area contributed by atoms with E-state index in [9.17, 15) is 8.42 Å². The molecule has 142 valence electrons. The van der Waals surface area contributed by atoms with Gasteiger partial charge in [-0.05, 0) is 50.2 Å². The summed E-state index contributed by atoms with van der Waals surface area (Å²) < 4.78 is 26.3. The summed E-state index contributed by atoms with van der Waals surface area (Å²) in [4.78, 5) is 8.79. The first-order valence-corrected chi connectivity index (χ1v) is 11.7. The first-order chi connectivity index (χ1) is 12.6. The van der Waals surface area contributed by atoms with E-state index in [0.717, 1.165) is 42.1 Å². The zero-order valence-electron chi connectivity index (χ0n) is 15.0. The number of rotatable bonds is 8. The topological polar surface area (TPSA) is 84.0 Å². The fourth-order valence-corrected chi connectivity index (χ4v) is 5.23. The largest absolute Gasteiger partial charge is 0.359 e. The fraction of sp³-hybridized carbons (Fsp3) is 0.556. The van der Waals surface area contributed by atoms with Crippen LogP contribution in [0.15, 0.2) is 29.9 Å². The Bertz CT molecular complexity index is 785. The first kappa shape index (κ1) is 19.3. The van der Waals surface area contributed by atoms with Crippen LogP contribution in [0.3, 0.4) is 0 Å². The summed E-state index contributed by atoms with van der Waals surface area (Å²) in [5.41, 5.74) is 1.98. The Morgan fingerprint density at radius 2 is 2.08 bits per heavy atom. The van der Waals surface area contributed by atoms with Crippen LogP contribution in [-0.4, -0.2) is 36.7 Å². The van der Waals surface area contributed by atoms with Gasteiger partial charge in [0, 0.05) is 35.9 Å². The molecule has 0 atom stereocenters. The lowest BCUT2D eigenvalue weighted by Crippen LogP contribution is -2.34. The van der Waals surface area contributed by atoms with Crippen LogP contribution in [0.2, 0.25) is 0 Å². The number of nitrogens with zero attached hydrogens (tertiary/aromatic N) is 2. The summed E-state index contributed by atoms with van der Waals surface area (Å²) in [6.45, 7) is 2.45. The van der Waals surface area contributed by atoms with E-state index in [4.69, 9.17) is 0 Å². The van der Waals surface area contributed by atoms with Gasteiger partial charge < -0.3 is 5.32 Å². The molecule has 0 bridgehead atoms. The van der Waals surface area contributed by atoms with Crippen molar-refractivity contribution in [3.8, 4) is 11.3 Å². The quantitative estimate of drug-likeness (QED) is 0.716. The normalized spacial score (nSPS) is 20.8. The van der Waals surface area contributed by atoms with Crippen molar-refractivity contribution in [2.45, 2.75) is 45.1 Å². The van der Waals surface area contributed by atoms with Crippen LogP contribution in [0.25, 0.3) is 11.3 Å². The van der Waals surface area contributed by atoms with Crippen molar-refractivity contribution in [2.75, 3.05) is 17.6 Å². The smallest absolute Gasteiger partial charge is 0.211 e. The van der Waals surface area contributed by atoms with Crippen molar-refractivity contribution < 1.29 is 8.42 Å². The molecule has 1 aliphatic rings. The molecule has 1 saturated carbocycles. The van der Waals surface area contributed by atoms with E-state index < -0.39 is 10.0 Å². The van der Waals surface area contributed by atoms with E-state index >= 15 is 0 Å². The Morgan fingerprint density at radius 1 is 1.27 bits per heavy atom. The molecule has 6 nitrogen and oxygen atoms in total. The molecule has 1 fully saturated rings. The molecule has 0 saturated heterocycles. The molecule has 8 heteroatoms. The third-order valence-electron chi connectivity index (χ3n) is 4.70. The summed E-state index contributed by atoms with van der Waals surface area (Å²) in [5, 5.41) is 6.52. The third kappa shape index (κ3) is 5.49. The van der Waals surface area contributed by atoms with Gasteiger partial charge >= 0.3 is 0 Å². The molecule has 0 unspecified atom stereocenters. The number of anilines is 1. The predicted molar refractivity (Wildman–Crippen MR) is 107 cm³/mol. The Labute approximate surface area is 159 Å². The molecule has 2 heterocycles. The fourth-order valence-electron chi connectivity index (χ4n) is 3.26. The van der Waals surface area contributed by atoms with E-state index in [1.54, 1.807) is 17.5 Å². The van der Waals surface area contributed by atoms with Gasteiger partial charge in [0.05, 0.1) is 11.4 Å². The minimum absolute atomic E-state index is 0.215. The van der Waals surface area contributed by atoms with Crippen LogP contribution in [0.1, 0.15) is 39.0 Å². The molecule has 0 amide bonds. The molecule has 26 heavy (non-hydrogen) atoms. The molecular formula is C18H26N4O2S2. The van der Waals surface area contributed by atoms with Crippen molar-refractivity contribution in [1.29, 1.82) is 0 Å². The zero-order valence-corrected chi connectivity index (χ0v) is 16.7. The van der Waals surface area contributed by atoms with E-state index in [1.165, 1.54) is 0 Å². The monoisotopic (exact) mass is 394 g/mol. The highest BCUT2D eigenvalue weighted by atomic mass is 32.2. The SMILES string of the molecule is CCCS(=O)(=O)NCC1CCC(Nc2nc(-c3cccnc3)cs2)CC1. The number of nitrogens with one attached hydrogen (secondary N) is 2. The molecule has 2 aromatic rings. The van der Waals surface area contributed by atoms with E-state index in [1.807, 2.05) is 30.6 Å². The molecule has 0 aromatic carbocycles. The highest BCUT2D eigenvalue weighted by Crippen LogP contribution is 2.29. The molecule has 2 N–H and O–H groups in total.